The second kappa shape index (κ2) is 4.68. The predicted octanol–water partition coefficient (Wildman–Crippen LogP) is 2.62. The van der Waals surface area contributed by atoms with Gasteiger partial charge in [0.25, 0.3) is 9.05 Å². The Morgan fingerprint density at radius 1 is 1.33 bits per heavy atom. The van der Waals surface area contributed by atoms with Gasteiger partial charge in [-0.05, 0) is 30.7 Å². The van der Waals surface area contributed by atoms with Crippen molar-refractivity contribution in [2.24, 2.45) is 0 Å². The van der Waals surface area contributed by atoms with Crippen molar-refractivity contribution in [2.75, 3.05) is 7.11 Å². The number of hydrogen-bond donors (Lipinski definition) is 0. The Kier molecular flexibility index (Phi) is 3.77. The summed E-state index contributed by atoms with van der Waals surface area (Å²) in [6, 6.07) is 7.01. The maximum atomic E-state index is 10.9. The minimum Gasteiger partial charge on any atom is -0.497 e. The van der Waals surface area contributed by atoms with Gasteiger partial charge in [0.05, 0.1) is 12.0 Å². The van der Waals surface area contributed by atoms with Crippen molar-refractivity contribution in [3.63, 3.8) is 0 Å². The lowest BCUT2D eigenvalue weighted by Gasteiger charge is -2.00. The molecule has 0 heterocycles. The normalized spacial score (nSPS) is 12.6. The fourth-order valence-electron chi connectivity index (χ4n) is 1.01. The molecule has 0 amide bonds. The van der Waals surface area contributed by atoms with E-state index >= 15 is 0 Å². The van der Waals surface area contributed by atoms with Crippen molar-refractivity contribution in [1.82, 2.24) is 0 Å². The van der Waals surface area contributed by atoms with E-state index in [0.717, 1.165) is 11.3 Å². The summed E-state index contributed by atoms with van der Waals surface area (Å²) in [6.45, 7) is 1.45. The van der Waals surface area contributed by atoms with Crippen LogP contribution in [0.5, 0.6) is 5.75 Å². The molecule has 0 aliphatic carbocycles. The highest BCUT2D eigenvalue weighted by Crippen LogP contribution is 2.17. The average Bonchev–Trinajstić information content (AvgIpc) is 2.17. The molecule has 1 aromatic carbocycles. The number of hydrogen-bond acceptors (Lipinski definition) is 3. The largest absolute Gasteiger partial charge is 0.497 e. The molecular weight excluding hydrogens is 236 g/mol. The maximum Gasteiger partial charge on any atom is 0.257 e. The van der Waals surface area contributed by atoms with Crippen LogP contribution in [0.3, 0.4) is 0 Å². The van der Waals surface area contributed by atoms with Crippen molar-refractivity contribution < 1.29 is 13.2 Å². The molecule has 0 fully saturated rings. The Morgan fingerprint density at radius 2 is 1.87 bits per heavy atom. The summed E-state index contributed by atoms with van der Waals surface area (Å²) in [5.41, 5.74) is 0.762. The van der Waals surface area contributed by atoms with Gasteiger partial charge < -0.3 is 4.74 Å². The van der Waals surface area contributed by atoms with E-state index < -0.39 is 9.05 Å². The van der Waals surface area contributed by atoms with Gasteiger partial charge in [0.15, 0.2) is 0 Å². The highest BCUT2D eigenvalue weighted by atomic mass is 35.7. The van der Waals surface area contributed by atoms with Gasteiger partial charge in [-0.3, -0.25) is 0 Å². The van der Waals surface area contributed by atoms with Gasteiger partial charge in [-0.15, -0.1) is 0 Å². The molecule has 5 heteroatoms. The summed E-state index contributed by atoms with van der Waals surface area (Å²) in [6.07, 6.45) is 1.50. The SMILES string of the molecule is COc1ccc(C=C(C)S(=O)(=O)Cl)cc1. The fourth-order valence-corrected chi connectivity index (χ4v) is 1.42. The summed E-state index contributed by atoms with van der Waals surface area (Å²) >= 11 is 0. The summed E-state index contributed by atoms with van der Waals surface area (Å²) in [5, 5.41) is 0. The van der Waals surface area contributed by atoms with Crippen LogP contribution in [0.4, 0.5) is 0 Å². The molecular formula is C10H11ClO3S. The summed E-state index contributed by atoms with van der Waals surface area (Å²) < 4.78 is 26.8. The van der Waals surface area contributed by atoms with Crippen LogP contribution in [0.15, 0.2) is 29.2 Å². The zero-order valence-electron chi connectivity index (χ0n) is 8.40. The maximum absolute atomic E-state index is 10.9. The lowest BCUT2D eigenvalue weighted by molar-refractivity contribution is 0.415. The van der Waals surface area contributed by atoms with Crippen LogP contribution in [0.1, 0.15) is 12.5 Å². The van der Waals surface area contributed by atoms with E-state index in [-0.39, 0.29) is 4.91 Å². The van der Waals surface area contributed by atoms with Gasteiger partial charge in [0.2, 0.25) is 0 Å². The molecule has 15 heavy (non-hydrogen) atoms. The highest BCUT2D eigenvalue weighted by Gasteiger charge is 2.07. The number of allylic oxidation sites excluding steroid dienone is 1. The van der Waals surface area contributed by atoms with E-state index in [4.69, 9.17) is 15.4 Å². The van der Waals surface area contributed by atoms with Gasteiger partial charge in [-0.25, -0.2) is 8.42 Å². The highest BCUT2D eigenvalue weighted by molar-refractivity contribution is 8.16. The van der Waals surface area contributed by atoms with Crippen LogP contribution in [-0.2, 0) is 9.05 Å². The molecule has 0 saturated heterocycles. The quantitative estimate of drug-likeness (QED) is 0.770. The van der Waals surface area contributed by atoms with Crippen molar-refractivity contribution in [3.05, 3.63) is 34.7 Å². The van der Waals surface area contributed by atoms with Crippen LogP contribution in [0, 0.1) is 0 Å². The monoisotopic (exact) mass is 246 g/mol. The van der Waals surface area contributed by atoms with E-state index in [9.17, 15) is 8.42 Å². The third-order valence-electron chi connectivity index (χ3n) is 1.87. The van der Waals surface area contributed by atoms with Gasteiger partial charge >= 0.3 is 0 Å². The third kappa shape index (κ3) is 3.57. The molecule has 82 valence electrons. The van der Waals surface area contributed by atoms with Crippen molar-refractivity contribution in [1.29, 1.82) is 0 Å². The van der Waals surface area contributed by atoms with Crippen LogP contribution in [-0.4, -0.2) is 15.5 Å². The fraction of sp³-hybridized carbons (Fsp3) is 0.200. The molecule has 0 spiro atoms. The van der Waals surface area contributed by atoms with E-state index in [1.165, 1.54) is 13.0 Å². The van der Waals surface area contributed by atoms with E-state index in [1.807, 2.05) is 0 Å². The lowest BCUT2D eigenvalue weighted by atomic mass is 10.2. The second-order valence-electron chi connectivity index (χ2n) is 2.97. The molecule has 0 unspecified atom stereocenters. The zero-order chi connectivity index (χ0) is 11.5. The van der Waals surface area contributed by atoms with Gasteiger partial charge in [-0.1, -0.05) is 12.1 Å². The molecule has 1 rings (SSSR count). The number of benzene rings is 1. The standard InChI is InChI=1S/C10H11ClO3S/c1-8(15(11,12)13)7-9-3-5-10(14-2)6-4-9/h3-7H,1-2H3. The Balaban J connectivity index is 3.00. The van der Waals surface area contributed by atoms with Crippen molar-refractivity contribution in [3.8, 4) is 5.75 Å². The van der Waals surface area contributed by atoms with E-state index in [1.54, 1.807) is 31.4 Å². The molecule has 0 bridgehead atoms. The molecule has 3 nitrogen and oxygen atoms in total. The number of ether oxygens (including phenoxy) is 1. The summed E-state index contributed by atoms with van der Waals surface area (Å²) in [7, 11) is 3.13. The van der Waals surface area contributed by atoms with E-state index in [2.05, 4.69) is 0 Å². The molecule has 1 aromatic rings. The lowest BCUT2D eigenvalue weighted by Crippen LogP contribution is -1.89. The first-order valence-corrected chi connectivity index (χ1v) is 6.51. The zero-order valence-corrected chi connectivity index (χ0v) is 9.97. The van der Waals surface area contributed by atoms with Gasteiger partial charge in [0.1, 0.15) is 5.75 Å². The number of rotatable bonds is 3. The molecule has 0 aliphatic heterocycles. The van der Waals surface area contributed by atoms with Crippen LogP contribution >= 0.6 is 10.7 Å². The Labute approximate surface area is 93.7 Å². The molecule has 0 radical (unpaired) electrons. The summed E-state index contributed by atoms with van der Waals surface area (Å²) in [5.74, 6) is 0.721. The second-order valence-corrected chi connectivity index (χ2v) is 5.70. The van der Waals surface area contributed by atoms with Gasteiger partial charge in [-0.2, -0.15) is 0 Å². The molecule has 0 N–H and O–H groups in total. The van der Waals surface area contributed by atoms with Crippen LogP contribution in [0.2, 0.25) is 0 Å². The average molecular weight is 247 g/mol. The minimum atomic E-state index is -3.61. The number of halogens is 1. The molecule has 0 aromatic heterocycles. The topological polar surface area (TPSA) is 43.4 Å². The Hall–Kier alpha value is -1.00. The third-order valence-corrected chi connectivity index (χ3v) is 3.49. The molecule has 0 saturated carbocycles. The summed E-state index contributed by atoms with van der Waals surface area (Å²) in [4.78, 5) is 0.120. The Bertz CT molecular complexity index is 460. The van der Waals surface area contributed by atoms with Crippen molar-refractivity contribution in [2.45, 2.75) is 6.92 Å². The first-order valence-electron chi connectivity index (χ1n) is 4.20. The number of methoxy groups -OCH3 is 1. The smallest absolute Gasteiger partial charge is 0.257 e. The molecule has 0 atom stereocenters. The van der Waals surface area contributed by atoms with Gasteiger partial charge in [0, 0.05) is 10.7 Å². The minimum absolute atomic E-state index is 0.120. The first-order chi connectivity index (χ1) is 6.93. The first kappa shape index (κ1) is 12.1. The van der Waals surface area contributed by atoms with E-state index in [0.29, 0.717) is 0 Å². The van der Waals surface area contributed by atoms with Crippen molar-refractivity contribution >= 4 is 25.8 Å². The predicted molar refractivity (Wildman–Crippen MR) is 61.4 cm³/mol. The van der Waals surface area contributed by atoms with Crippen LogP contribution in [0.25, 0.3) is 6.08 Å². The van der Waals surface area contributed by atoms with Crippen LogP contribution < -0.4 is 4.74 Å². The molecule has 0 aliphatic rings. The Morgan fingerprint density at radius 3 is 2.27 bits per heavy atom.